The number of amides is 1. The first kappa shape index (κ1) is 53.7. The predicted octanol–water partition coefficient (Wildman–Crippen LogP) is 8.69. The van der Waals surface area contributed by atoms with Crippen molar-refractivity contribution in [1.29, 1.82) is 0 Å². The molecule has 1 amide bonds. The Kier molecular flexibility index (Phi) is 14.1. The van der Waals surface area contributed by atoms with Crippen molar-refractivity contribution in [2.24, 2.45) is 11.3 Å². The number of anilines is 4. The summed E-state index contributed by atoms with van der Waals surface area (Å²) < 4.78 is 68.0. The smallest absolute Gasteiger partial charge is 0.297 e. The number of benzene rings is 3. The fraction of sp³-hybridized carbons (Fsp3) is 0.492. The Morgan fingerprint density at radius 3 is 2.53 bits per heavy atom. The molecule has 436 valence electrons. The van der Waals surface area contributed by atoms with Crippen LogP contribution < -0.4 is 38.8 Å². The molecule has 0 bridgehead atoms. The van der Waals surface area contributed by atoms with Gasteiger partial charge in [0.1, 0.15) is 35.5 Å². The Morgan fingerprint density at radius 2 is 1.70 bits per heavy atom. The first-order chi connectivity index (χ1) is 40.3. The van der Waals surface area contributed by atoms with Gasteiger partial charge in [-0.15, -0.1) is 0 Å². The maximum Gasteiger partial charge on any atom is 0.297 e. The maximum absolute atomic E-state index is 15.0. The van der Waals surface area contributed by atoms with Crippen LogP contribution in [0, 0.1) is 21.4 Å². The molecule has 83 heavy (non-hydrogen) atoms. The fourth-order valence-corrected chi connectivity index (χ4v) is 15.6. The van der Waals surface area contributed by atoms with Gasteiger partial charge in [0.15, 0.2) is 11.4 Å². The van der Waals surface area contributed by atoms with E-state index in [1.807, 2.05) is 42.9 Å². The van der Waals surface area contributed by atoms with E-state index in [9.17, 15) is 23.3 Å². The Bertz CT molecular complexity index is 3560. The third kappa shape index (κ3) is 10.1. The monoisotopic (exact) mass is 1150 g/mol. The van der Waals surface area contributed by atoms with Crippen LogP contribution >= 0.6 is 0 Å². The van der Waals surface area contributed by atoms with Crippen molar-refractivity contribution in [2.75, 3.05) is 87.5 Å². The van der Waals surface area contributed by atoms with Crippen molar-refractivity contribution in [3.05, 3.63) is 118 Å². The zero-order chi connectivity index (χ0) is 56.6. The SMILES string of the molecule is CC(C)Oc1ccccc1[C@@H]1CN([C@H]2CCOc3cnccc32)CCN1C1CC2(CCN(c3ccc(C(=O)NS(=O)(=O)c4cc5c(c([N+](=O)[O-])c4)N[C@H](C4CCOCC4)CO5)c(N4c5cc6cc[nH]c6nc5O[C@H]5COCC[C@@H]54)c3)CC2)C1. The summed E-state index contributed by atoms with van der Waals surface area (Å²) in [6.07, 6.45) is 12.3. The van der Waals surface area contributed by atoms with E-state index < -0.39 is 37.5 Å². The summed E-state index contributed by atoms with van der Waals surface area (Å²) in [4.78, 5) is 48.8. The molecule has 3 aromatic heterocycles. The van der Waals surface area contributed by atoms with Crippen LogP contribution in [0.5, 0.6) is 23.1 Å². The average Bonchev–Trinajstić information content (AvgIpc) is 4.15. The van der Waals surface area contributed by atoms with Crippen LogP contribution in [0.25, 0.3) is 11.0 Å². The molecule has 0 radical (unpaired) electrons. The van der Waals surface area contributed by atoms with Gasteiger partial charge in [0.2, 0.25) is 5.88 Å². The van der Waals surface area contributed by atoms with Crippen molar-refractivity contribution in [3.8, 4) is 23.1 Å². The summed E-state index contributed by atoms with van der Waals surface area (Å²) >= 11 is 0. The van der Waals surface area contributed by atoms with E-state index in [4.69, 9.17) is 33.4 Å². The first-order valence-electron chi connectivity index (χ1n) is 29.4. The Hall–Kier alpha value is -7.24. The van der Waals surface area contributed by atoms with Crippen LogP contribution in [0.3, 0.4) is 0 Å². The van der Waals surface area contributed by atoms with Gasteiger partial charge in [-0.25, -0.2) is 13.1 Å². The lowest BCUT2D eigenvalue weighted by molar-refractivity contribution is -0.384. The number of ether oxygens (including phenoxy) is 6. The Morgan fingerprint density at radius 1 is 0.867 bits per heavy atom. The number of hydrogen-bond donors (Lipinski definition) is 3. The van der Waals surface area contributed by atoms with E-state index in [0.717, 1.165) is 106 Å². The van der Waals surface area contributed by atoms with Crippen LogP contribution in [-0.4, -0.2) is 147 Å². The number of rotatable bonds is 12. The topological polar surface area (TPSA) is 228 Å². The molecule has 3 N–H and O–H groups in total. The lowest BCUT2D eigenvalue weighted by Crippen LogP contribution is -2.60. The van der Waals surface area contributed by atoms with Gasteiger partial charge in [-0.3, -0.25) is 29.7 Å². The first-order valence-corrected chi connectivity index (χ1v) is 30.9. The minimum atomic E-state index is -4.72. The van der Waals surface area contributed by atoms with Gasteiger partial charge < -0.3 is 48.5 Å². The van der Waals surface area contributed by atoms with Crippen LogP contribution in [0.2, 0.25) is 0 Å². The van der Waals surface area contributed by atoms with Crippen LogP contribution in [-0.2, 0) is 19.5 Å². The minimum Gasteiger partial charge on any atom is -0.492 e. The average molecular weight is 1150 g/mol. The van der Waals surface area contributed by atoms with E-state index in [0.29, 0.717) is 61.8 Å². The zero-order valence-electron chi connectivity index (χ0n) is 46.7. The van der Waals surface area contributed by atoms with E-state index in [1.54, 1.807) is 6.07 Å². The molecule has 1 spiro atoms. The number of carbonyl (C=O) groups excluding carboxylic acids is 1. The fourth-order valence-electron chi connectivity index (χ4n) is 14.6. The lowest BCUT2D eigenvalue weighted by atomic mass is 9.59. The number of aromatic amines is 1. The number of nitro groups is 1. The third-order valence-electron chi connectivity index (χ3n) is 18.8. The number of nitrogens with zero attached hydrogens (tertiary/aromatic N) is 7. The summed E-state index contributed by atoms with van der Waals surface area (Å²) in [6, 6.07) is 22.7. The number of para-hydroxylation sites is 1. The van der Waals surface area contributed by atoms with Crippen molar-refractivity contribution < 1.29 is 46.6 Å². The number of carbonyl (C=O) groups is 1. The highest BCUT2D eigenvalue weighted by Gasteiger charge is 2.51. The number of sulfonamides is 1. The highest BCUT2D eigenvalue weighted by molar-refractivity contribution is 7.90. The van der Waals surface area contributed by atoms with Gasteiger partial charge in [0.05, 0.1) is 64.7 Å². The molecule has 4 saturated heterocycles. The summed E-state index contributed by atoms with van der Waals surface area (Å²) in [6.45, 7) is 11.3. The molecule has 3 aromatic carbocycles. The predicted molar refractivity (Wildman–Crippen MR) is 310 cm³/mol. The standard InChI is InChI=1S/C61H70N10O11S/c1-37(2)81-53-6-4-3-5-43(53)52-34-68(47-14-26-79-55-33-62-17-10-44(47)55)21-22-69(52)41-31-61(32-41)15-19-67(20-16-61)40-7-8-45(49(28-40)70-48-13-25-78-36-56(48)82-60-51(70)27-39-9-18-63-58(39)65-60)59(72)66-83(75,76)42-29-50(71(73)74)57-54(30-42)80-35-46(64-57)38-11-23-77-24-12-38/h3-10,17-18,27-30,33,37-38,41,46-48,52,56,64H,11-16,19-26,31-32,34-36H2,1-2H3,(H,63,65)(H,66,72)/t46-,47-,48-,52-,56-/m0/s1. The number of piperidine rings is 1. The van der Waals surface area contributed by atoms with Crippen molar-refractivity contribution >= 4 is 55.4 Å². The van der Waals surface area contributed by atoms with Crippen LogP contribution in [0.1, 0.15) is 98.8 Å². The molecule has 5 fully saturated rings. The maximum atomic E-state index is 15.0. The third-order valence-corrected chi connectivity index (χ3v) is 20.1. The van der Waals surface area contributed by atoms with E-state index in [2.05, 4.69) is 83.8 Å². The molecule has 1 saturated carbocycles. The number of piperazine rings is 1. The molecule has 21 nitrogen and oxygen atoms in total. The van der Waals surface area contributed by atoms with Crippen molar-refractivity contribution in [1.82, 2.24) is 29.5 Å². The van der Waals surface area contributed by atoms with E-state index >= 15 is 0 Å². The number of aromatic nitrogens is 3. The van der Waals surface area contributed by atoms with E-state index in [-0.39, 0.29) is 71.8 Å². The molecular weight excluding hydrogens is 1080 g/mol. The van der Waals surface area contributed by atoms with Gasteiger partial charge in [0, 0.05) is 118 Å². The Balaban J connectivity index is 0.740. The second-order valence-corrected chi connectivity index (χ2v) is 25.7. The van der Waals surface area contributed by atoms with Crippen molar-refractivity contribution in [3.63, 3.8) is 0 Å². The molecule has 8 aliphatic rings. The summed E-state index contributed by atoms with van der Waals surface area (Å²) in [5.41, 5.74) is 4.99. The van der Waals surface area contributed by atoms with Gasteiger partial charge >= 0.3 is 0 Å². The highest BCUT2D eigenvalue weighted by atomic mass is 32.2. The number of nitro benzene ring substituents is 1. The van der Waals surface area contributed by atoms with Gasteiger partial charge in [-0.1, -0.05) is 18.2 Å². The highest BCUT2D eigenvalue weighted by Crippen LogP contribution is 2.55. The molecule has 1 aliphatic carbocycles. The molecule has 5 atom stereocenters. The number of pyridine rings is 2. The number of fused-ring (bicyclic) bond motifs is 5. The molecule has 0 unspecified atom stereocenters. The normalized spacial score (nSPS) is 24.7. The van der Waals surface area contributed by atoms with Gasteiger partial charge in [-0.05, 0) is 113 Å². The van der Waals surface area contributed by atoms with Gasteiger partial charge in [0.25, 0.3) is 21.6 Å². The van der Waals surface area contributed by atoms with Crippen molar-refractivity contribution in [2.45, 2.75) is 113 Å². The summed E-state index contributed by atoms with van der Waals surface area (Å²) in [5.74, 6) is 1.46. The van der Waals surface area contributed by atoms with E-state index in [1.165, 1.54) is 17.2 Å². The quantitative estimate of drug-likeness (QED) is 0.0769. The number of hydrogen-bond acceptors (Lipinski definition) is 18. The Labute approximate surface area is 482 Å². The zero-order valence-corrected chi connectivity index (χ0v) is 47.6. The summed E-state index contributed by atoms with van der Waals surface area (Å²) in [5, 5.41) is 16.7. The van der Waals surface area contributed by atoms with Gasteiger partial charge in [-0.2, -0.15) is 4.98 Å². The second-order valence-electron chi connectivity index (χ2n) is 24.0. The van der Waals surface area contributed by atoms with Crippen LogP contribution in [0.15, 0.2) is 96.3 Å². The minimum absolute atomic E-state index is 0.0244. The summed E-state index contributed by atoms with van der Waals surface area (Å²) in [7, 11) is -4.72. The molecular formula is C61H70N10O11S. The molecule has 10 heterocycles. The molecule has 14 rings (SSSR count). The largest absolute Gasteiger partial charge is 0.492 e. The lowest BCUT2D eigenvalue weighted by Gasteiger charge is -2.58. The number of nitrogens with one attached hydrogen (secondary N) is 3. The number of H-pyrrole nitrogens is 1. The second kappa shape index (κ2) is 21.7. The molecule has 6 aromatic rings. The molecule has 7 aliphatic heterocycles. The van der Waals surface area contributed by atoms with Crippen LogP contribution in [0.4, 0.5) is 28.4 Å². The molecule has 22 heteroatoms.